The number of benzene rings is 4. The Morgan fingerprint density at radius 1 is 0.976 bits per heavy atom. The third kappa shape index (κ3) is 6.45. The van der Waals surface area contributed by atoms with Crippen molar-refractivity contribution < 1.29 is 23.7 Å². The standard InChI is InChI=1S/C35H30N2O5/c1-3-39-32-19-26(14-17-30(32)40-22-25-11-9-23(2)10-12-25)34-28-16-15-27(20-31(28)42-35(37)29(34)21-36)41-33(38)18-13-24-7-5-4-6-8-24/h4-20,34H,3,22,37H2,1-2H3/b18-13+. The fourth-order valence-electron chi connectivity index (χ4n) is 4.66. The van der Waals surface area contributed by atoms with E-state index in [1.165, 1.54) is 11.6 Å². The van der Waals surface area contributed by atoms with Gasteiger partial charge in [0.05, 0.1) is 12.5 Å². The number of nitrogens with two attached hydrogens (primary N) is 1. The minimum atomic E-state index is -0.532. The molecule has 42 heavy (non-hydrogen) atoms. The predicted molar refractivity (Wildman–Crippen MR) is 160 cm³/mol. The Bertz CT molecular complexity index is 1690. The minimum Gasteiger partial charge on any atom is -0.490 e. The Hall–Kier alpha value is -5.48. The number of carbonyl (C=O) groups is 1. The number of nitriles is 1. The fourth-order valence-corrected chi connectivity index (χ4v) is 4.66. The van der Waals surface area contributed by atoms with Crippen LogP contribution in [0.3, 0.4) is 0 Å². The van der Waals surface area contributed by atoms with Crippen molar-refractivity contribution in [3.05, 3.63) is 136 Å². The summed E-state index contributed by atoms with van der Waals surface area (Å²) in [5.41, 5.74) is 11.1. The molecule has 1 aliphatic rings. The molecule has 0 fully saturated rings. The number of esters is 1. The van der Waals surface area contributed by atoms with E-state index < -0.39 is 11.9 Å². The Morgan fingerprint density at radius 2 is 1.76 bits per heavy atom. The summed E-state index contributed by atoms with van der Waals surface area (Å²) in [6, 6.07) is 30.4. The van der Waals surface area contributed by atoms with Gasteiger partial charge in [0.15, 0.2) is 11.5 Å². The molecule has 0 saturated carbocycles. The zero-order valence-corrected chi connectivity index (χ0v) is 23.4. The molecule has 4 aromatic carbocycles. The van der Waals surface area contributed by atoms with Crippen LogP contribution in [0.1, 0.15) is 40.7 Å². The summed E-state index contributed by atoms with van der Waals surface area (Å²) < 4.78 is 23.3. The molecular weight excluding hydrogens is 528 g/mol. The summed E-state index contributed by atoms with van der Waals surface area (Å²) >= 11 is 0. The number of allylic oxidation sites excluding steroid dienone is 1. The number of carbonyl (C=O) groups excluding carboxylic acids is 1. The van der Waals surface area contributed by atoms with Crippen LogP contribution in [-0.2, 0) is 11.4 Å². The van der Waals surface area contributed by atoms with Crippen molar-refractivity contribution >= 4 is 12.0 Å². The first-order valence-corrected chi connectivity index (χ1v) is 13.6. The van der Waals surface area contributed by atoms with Gasteiger partial charge in [-0.1, -0.05) is 72.3 Å². The second kappa shape index (κ2) is 12.8. The number of rotatable bonds is 9. The van der Waals surface area contributed by atoms with Crippen molar-refractivity contribution in [1.29, 1.82) is 5.26 Å². The van der Waals surface area contributed by atoms with Gasteiger partial charge in [-0.25, -0.2) is 4.79 Å². The molecular formula is C35H30N2O5. The normalized spacial score (nSPS) is 14.1. The molecule has 4 aromatic rings. The molecule has 210 valence electrons. The maximum absolute atomic E-state index is 12.4. The van der Waals surface area contributed by atoms with Crippen LogP contribution >= 0.6 is 0 Å². The summed E-state index contributed by atoms with van der Waals surface area (Å²) in [5, 5.41) is 10.0. The molecule has 0 radical (unpaired) electrons. The highest BCUT2D eigenvalue weighted by molar-refractivity contribution is 5.88. The highest BCUT2D eigenvalue weighted by Crippen LogP contribution is 2.45. The molecule has 2 N–H and O–H groups in total. The zero-order valence-electron chi connectivity index (χ0n) is 23.4. The second-order valence-electron chi connectivity index (χ2n) is 9.70. The Balaban J connectivity index is 1.40. The number of fused-ring (bicyclic) bond motifs is 1. The number of nitrogens with zero attached hydrogens (tertiary/aromatic N) is 1. The molecule has 1 heterocycles. The quantitative estimate of drug-likeness (QED) is 0.137. The average Bonchev–Trinajstić information content (AvgIpc) is 3.00. The third-order valence-corrected chi connectivity index (χ3v) is 6.74. The fraction of sp³-hybridized carbons (Fsp3) is 0.143. The van der Waals surface area contributed by atoms with Crippen LogP contribution in [0.5, 0.6) is 23.0 Å². The van der Waals surface area contributed by atoms with E-state index in [9.17, 15) is 10.1 Å². The molecule has 7 heteroatoms. The Kier molecular flexibility index (Phi) is 8.55. The molecule has 7 nitrogen and oxygen atoms in total. The van der Waals surface area contributed by atoms with Crippen LogP contribution in [0.15, 0.2) is 109 Å². The highest BCUT2D eigenvalue weighted by atomic mass is 16.5. The van der Waals surface area contributed by atoms with Gasteiger partial charge in [-0.05, 0) is 54.8 Å². The first-order valence-electron chi connectivity index (χ1n) is 13.6. The Morgan fingerprint density at radius 3 is 2.50 bits per heavy atom. The van der Waals surface area contributed by atoms with Crippen molar-refractivity contribution in [3.8, 4) is 29.1 Å². The van der Waals surface area contributed by atoms with Crippen molar-refractivity contribution in [2.24, 2.45) is 5.73 Å². The molecule has 0 aromatic heterocycles. The smallest absolute Gasteiger partial charge is 0.336 e. The Labute approximate surface area is 245 Å². The van der Waals surface area contributed by atoms with Gasteiger partial charge in [-0.15, -0.1) is 0 Å². The maximum Gasteiger partial charge on any atom is 0.336 e. The van der Waals surface area contributed by atoms with Gasteiger partial charge in [0.25, 0.3) is 0 Å². The number of aryl methyl sites for hydroxylation is 1. The van der Waals surface area contributed by atoms with Crippen molar-refractivity contribution in [2.45, 2.75) is 26.4 Å². The van der Waals surface area contributed by atoms with Crippen LogP contribution in [0, 0.1) is 18.3 Å². The van der Waals surface area contributed by atoms with Crippen molar-refractivity contribution in [2.75, 3.05) is 6.61 Å². The van der Waals surface area contributed by atoms with Crippen LogP contribution < -0.4 is 24.7 Å². The van der Waals surface area contributed by atoms with E-state index in [0.717, 1.165) is 16.7 Å². The lowest BCUT2D eigenvalue weighted by atomic mass is 9.83. The molecule has 0 aliphatic carbocycles. The topological polar surface area (TPSA) is 104 Å². The molecule has 1 unspecified atom stereocenters. The first kappa shape index (κ1) is 28.1. The molecule has 5 rings (SSSR count). The van der Waals surface area contributed by atoms with Gasteiger partial charge in [0.1, 0.15) is 29.7 Å². The van der Waals surface area contributed by atoms with Gasteiger partial charge in [0, 0.05) is 17.7 Å². The van der Waals surface area contributed by atoms with E-state index in [1.807, 2.05) is 86.6 Å². The number of hydrogen-bond acceptors (Lipinski definition) is 7. The SMILES string of the molecule is CCOc1cc(C2C(C#N)=C(N)Oc3cc(OC(=O)/C=C/c4ccccc4)ccc32)ccc1OCc1ccc(C)cc1. The van der Waals surface area contributed by atoms with E-state index in [-0.39, 0.29) is 11.5 Å². The van der Waals surface area contributed by atoms with Crippen LogP contribution in [-0.4, -0.2) is 12.6 Å². The largest absolute Gasteiger partial charge is 0.490 e. The summed E-state index contributed by atoms with van der Waals surface area (Å²) in [6.45, 7) is 4.76. The van der Waals surface area contributed by atoms with Gasteiger partial charge in [-0.3, -0.25) is 0 Å². The summed E-state index contributed by atoms with van der Waals surface area (Å²) in [7, 11) is 0. The van der Waals surface area contributed by atoms with E-state index in [4.69, 9.17) is 24.7 Å². The van der Waals surface area contributed by atoms with Gasteiger partial charge in [0.2, 0.25) is 5.88 Å². The third-order valence-electron chi connectivity index (χ3n) is 6.74. The lowest BCUT2D eigenvalue weighted by molar-refractivity contribution is -0.128. The zero-order chi connectivity index (χ0) is 29.5. The first-order chi connectivity index (χ1) is 20.4. The van der Waals surface area contributed by atoms with E-state index in [1.54, 1.807) is 24.3 Å². The molecule has 0 amide bonds. The number of hydrogen-bond donors (Lipinski definition) is 1. The molecule has 1 aliphatic heterocycles. The van der Waals surface area contributed by atoms with Crippen LogP contribution in [0.4, 0.5) is 0 Å². The number of ether oxygens (including phenoxy) is 4. The second-order valence-corrected chi connectivity index (χ2v) is 9.70. The predicted octanol–water partition coefficient (Wildman–Crippen LogP) is 6.81. The molecule has 0 spiro atoms. The lowest BCUT2D eigenvalue weighted by Crippen LogP contribution is -2.21. The highest BCUT2D eigenvalue weighted by Gasteiger charge is 2.31. The van der Waals surface area contributed by atoms with E-state index in [0.29, 0.717) is 41.8 Å². The summed E-state index contributed by atoms with van der Waals surface area (Å²) in [4.78, 5) is 12.4. The summed E-state index contributed by atoms with van der Waals surface area (Å²) in [5.74, 6) is 0.767. The van der Waals surface area contributed by atoms with Gasteiger partial charge >= 0.3 is 5.97 Å². The van der Waals surface area contributed by atoms with Gasteiger partial charge < -0.3 is 24.7 Å². The van der Waals surface area contributed by atoms with Crippen LogP contribution in [0.2, 0.25) is 0 Å². The van der Waals surface area contributed by atoms with Crippen LogP contribution in [0.25, 0.3) is 6.08 Å². The minimum absolute atomic E-state index is 0.0138. The van der Waals surface area contributed by atoms with Crippen molar-refractivity contribution in [1.82, 2.24) is 0 Å². The average molecular weight is 559 g/mol. The van der Waals surface area contributed by atoms with Crippen molar-refractivity contribution in [3.63, 3.8) is 0 Å². The van der Waals surface area contributed by atoms with Gasteiger partial charge in [-0.2, -0.15) is 5.26 Å². The van der Waals surface area contributed by atoms with E-state index >= 15 is 0 Å². The molecule has 0 saturated heterocycles. The molecule has 1 atom stereocenters. The maximum atomic E-state index is 12.4. The molecule has 0 bridgehead atoms. The monoisotopic (exact) mass is 558 g/mol. The lowest BCUT2D eigenvalue weighted by Gasteiger charge is -2.27. The van der Waals surface area contributed by atoms with E-state index in [2.05, 4.69) is 6.07 Å². The summed E-state index contributed by atoms with van der Waals surface area (Å²) in [6.07, 6.45) is 3.04.